The van der Waals surface area contributed by atoms with Gasteiger partial charge in [0.2, 0.25) is 0 Å². The predicted octanol–water partition coefficient (Wildman–Crippen LogP) is 3.85. The Morgan fingerprint density at radius 2 is 2.03 bits per heavy atom. The highest BCUT2D eigenvalue weighted by Gasteiger charge is 2.29. The smallest absolute Gasteiger partial charge is 0.410 e. The topological polar surface area (TPSA) is 138 Å². The third-order valence-corrected chi connectivity index (χ3v) is 6.02. The van der Waals surface area contributed by atoms with E-state index in [1.165, 1.54) is 17.8 Å². The highest BCUT2D eigenvalue weighted by molar-refractivity contribution is 5.77. The summed E-state index contributed by atoms with van der Waals surface area (Å²) in [6.07, 6.45) is 4.01. The number of fused-ring (bicyclic) bond motifs is 1. The lowest BCUT2D eigenvalue weighted by molar-refractivity contribution is 0.0206. The Kier molecular flexibility index (Phi) is 7.16. The van der Waals surface area contributed by atoms with Gasteiger partial charge in [-0.1, -0.05) is 0 Å². The average Bonchev–Trinajstić information content (AvgIpc) is 3.25. The molecular weight excluding hydrogens is 493 g/mol. The van der Waals surface area contributed by atoms with Crippen LogP contribution in [0.25, 0.3) is 16.9 Å². The van der Waals surface area contributed by atoms with E-state index in [9.17, 15) is 15.2 Å². The molecule has 0 aromatic carbocycles. The van der Waals surface area contributed by atoms with Gasteiger partial charge in [0.1, 0.15) is 34.5 Å². The molecule has 202 valence electrons. The molecule has 38 heavy (non-hydrogen) atoms. The zero-order valence-electron chi connectivity index (χ0n) is 22.4. The summed E-state index contributed by atoms with van der Waals surface area (Å²) in [5, 5.41) is 27.7. The van der Waals surface area contributed by atoms with E-state index in [1.807, 2.05) is 26.8 Å². The van der Waals surface area contributed by atoms with E-state index < -0.39 is 23.1 Å². The maximum atomic E-state index is 15.2. The molecule has 0 saturated carbocycles. The molecular formula is C26H32FN7O4. The lowest BCUT2D eigenvalue weighted by Gasteiger charge is -2.34. The Bertz CT molecular complexity index is 1400. The first-order valence-corrected chi connectivity index (χ1v) is 12.3. The molecule has 1 atom stereocenters. The summed E-state index contributed by atoms with van der Waals surface area (Å²) in [5.41, 5.74) is -1.17. The number of rotatable bonds is 5. The molecule has 0 bridgehead atoms. The van der Waals surface area contributed by atoms with Gasteiger partial charge in [0, 0.05) is 19.1 Å². The van der Waals surface area contributed by atoms with Gasteiger partial charge in [0.15, 0.2) is 17.2 Å². The Labute approximate surface area is 220 Å². The molecule has 0 aliphatic carbocycles. The first-order valence-electron chi connectivity index (χ1n) is 12.3. The highest BCUT2D eigenvalue weighted by Crippen LogP contribution is 2.33. The van der Waals surface area contributed by atoms with Crippen LogP contribution >= 0.6 is 0 Å². The van der Waals surface area contributed by atoms with Crippen molar-refractivity contribution in [2.24, 2.45) is 0 Å². The summed E-state index contributed by atoms with van der Waals surface area (Å²) in [5.74, 6) is -0.207. The fraction of sp³-hybridized carbons (Fsp3) is 0.500. The number of nitriles is 1. The summed E-state index contributed by atoms with van der Waals surface area (Å²) in [6, 6.07) is 2.88. The van der Waals surface area contributed by atoms with E-state index in [0.29, 0.717) is 18.8 Å². The number of carbonyl (C=O) groups is 1. The number of aromatic nitrogens is 4. The van der Waals surface area contributed by atoms with Gasteiger partial charge in [-0.2, -0.15) is 10.4 Å². The number of nitrogens with zero attached hydrogens (tertiary/aromatic N) is 6. The third-order valence-electron chi connectivity index (χ3n) is 6.02. The molecule has 3 aromatic rings. The fourth-order valence-electron chi connectivity index (χ4n) is 4.30. The van der Waals surface area contributed by atoms with Gasteiger partial charge in [-0.25, -0.2) is 23.7 Å². The average molecular weight is 526 g/mol. The molecule has 1 aliphatic rings. The van der Waals surface area contributed by atoms with Crippen molar-refractivity contribution in [2.75, 3.05) is 25.5 Å². The zero-order valence-corrected chi connectivity index (χ0v) is 22.4. The van der Waals surface area contributed by atoms with Crippen molar-refractivity contribution in [1.82, 2.24) is 24.5 Å². The van der Waals surface area contributed by atoms with Gasteiger partial charge in [-0.05, 0) is 53.5 Å². The van der Waals surface area contributed by atoms with Crippen LogP contribution < -0.4 is 10.1 Å². The number of piperidine rings is 1. The number of carbonyl (C=O) groups excluding carboxylic acids is 1. The van der Waals surface area contributed by atoms with Gasteiger partial charge in [0.25, 0.3) is 0 Å². The van der Waals surface area contributed by atoms with E-state index in [2.05, 4.69) is 20.4 Å². The fourth-order valence-corrected chi connectivity index (χ4v) is 4.30. The Morgan fingerprint density at radius 3 is 2.66 bits per heavy atom. The van der Waals surface area contributed by atoms with Gasteiger partial charge < -0.3 is 24.8 Å². The molecule has 1 fully saturated rings. The number of hydrogen-bond donors (Lipinski definition) is 2. The van der Waals surface area contributed by atoms with Gasteiger partial charge in [-0.3, -0.25) is 0 Å². The molecule has 4 heterocycles. The van der Waals surface area contributed by atoms with Gasteiger partial charge in [-0.15, -0.1) is 0 Å². The molecule has 1 saturated heterocycles. The minimum absolute atomic E-state index is 0.0314. The number of aliphatic hydroxyl groups is 1. The summed E-state index contributed by atoms with van der Waals surface area (Å²) in [4.78, 5) is 23.2. The monoisotopic (exact) mass is 525 g/mol. The maximum absolute atomic E-state index is 15.2. The minimum Gasteiger partial charge on any atom is -0.493 e. The number of halogens is 1. The number of amides is 1. The highest BCUT2D eigenvalue weighted by atomic mass is 19.1. The number of likely N-dealkylation sites (tertiary alicyclic amines) is 1. The summed E-state index contributed by atoms with van der Waals surface area (Å²) in [6.45, 7) is 9.47. The quantitative estimate of drug-likeness (QED) is 0.509. The predicted molar refractivity (Wildman–Crippen MR) is 137 cm³/mol. The molecule has 11 nitrogen and oxygen atoms in total. The molecule has 1 amide bonds. The van der Waals surface area contributed by atoms with E-state index in [1.54, 1.807) is 24.9 Å². The first kappa shape index (κ1) is 27.1. The van der Waals surface area contributed by atoms with Crippen LogP contribution in [0.4, 0.5) is 15.0 Å². The Hall–Kier alpha value is -3.98. The van der Waals surface area contributed by atoms with Crippen LogP contribution in [-0.4, -0.2) is 67.5 Å². The maximum Gasteiger partial charge on any atom is 0.410 e. The Morgan fingerprint density at radius 1 is 1.29 bits per heavy atom. The molecule has 1 aliphatic heterocycles. The van der Waals surface area contributed by atoms with Crippen LogP contribution in [0, 0.1) is 17.1 Å². The van der Waals surface area contributed by atoms with Crippen molar-refractivity contribution in [3.63, 3.8) is 0 Å². The SMILES string of the molecule is COc1cn2ncc(-c3nc(NC4CCCN(C(=O)OC(C)(C)C)C4)c(C#N)cc3F)c2nc1C(C)(C)O. The van der Waals surface area contributed by atoms with Crippen LogP contribution in [-0.2, 0) is 10.3 Å². The van der Waals surface area contributed by atoms with E-state index in [0.717, 1.165) is 18.9 Å². The van der Waals surface area contributed by atoms with Gasteiger partial charge >= 0.3 is 6.09 Å². The number of hydrogen-bond acceptors (Lipinski definition) is 9. The minimum atomic E-state index is -1.33. The van der Waals surface area contributed by atoms with Crippen LogP contribution in [0.3, 0.4) is 0 Å². The number of pyridine rings is 1. The molecule has 0 radical (unpaired) electrons. The number of anilines is 1. The zero-order chi connectivity index (χ0) is 27.8. The summed E-state index contributed by atoms with van der Waals surface area (Å²) < 4.78 is 27.5. The van der Waals surface area contributed by atoms with Crippen molar-refractivity contribution in [3.05, 3.63) is 35.5 Å². The van der Waals surface area contributed by atoms with Crippen molar-refractivity contribution in [2.45, 2.75) is 64.7 Å². The first-order chi connectivity index (χ1) is 17.8. The largest absolute Gasteiger partial charge is 0.493 e. The Balaban J connectivity index is 1.69. The second kappa shape index (κ2) is 10.1. The second-order valence-corrected chi connectivity index (χ2v) is 10.8. The molecule has 2 N–H and O–H groups in total. The van der Waals surface area contributed by atoms with E-state index in [-0.39, 0.29) is 40.0 Å². The third kappa shape index (κ3) is 5.62. The lowest BCUT2D eigenvalue weighted by atomic mass is 10.0. The molecule has 0 spiro atoms. The number of nitrogens with one attached hydrogen (secondary N) is 1. The summed E-state index contributed by atoms with van der Waals surface area (Å²) in [7, 11) is 1.46. The molecule has 1 unspecified atom stereocenters. The van der Waals surface area contributed by atoms with E-state index >= 15 is 4.39 Å². The van der Waals surface area contributed by atoms with Crippen molar-refractivity contribution >= 4 is 17.6 Å². The van der Waals surface area contributed by atoms with Crippen molar-refractivity contribution in [1.29, 1.82) is 5.26 Å². The van der Waals surface area contributed by atoms with Crippen LogP contribution in [0.15, 0.2) is 18.5 Å². The van der Waals surface area contributed by atoms with Crippen molar-refractivity contribution < 1.29 is 23.8 Å². The normalized spacial score (nSPS) is 16.3. The lowest BCUT2D eigenvalue weighted by Crippen LogP contribution is -2.47. The van der Waals surface area contributed by atoms with Crippen molar-refractivity contribution in [3.8, 4) is 23.1 Å². The van der Waals surface area contributed by atoms with Gasteiger partial charge in [0.05, 0.1) is 30.6 Å². The number of ether oxygens (including phenoxy) is 2. The molecule has 12 heteroatoms. The van der Waals surface area contributed by atoms with E-state index in [4.69, 9.17) is 9.47 Å². The molecule has 4 rings (SSSR count). The standard InChI is InChI=1S/C26H32FN7O4/c1-25(2,3)38-24(35)33-9-7-8-16(13-33)30-22-15(11-28)10-18(27)20(31-22)17-12-29-34-14-19(37-6)21(26(4,5)36)32-23(17)34/h10,12,14,16,36H,7-9,13H2,1-6H3,(H,30,31). The molecule has 3 aromatic heterocycles. The number of methoxy groups -OCH3 is 1. The van der Waals surface area contributed by atoms with Crippen LogP contribution in [0.2, 0.25) is 0 Å². The summed E-state index contributed by atoms with van der Waals surface area (Å²) >= 11 is 0. The van der Waals surface area contributed by atoms with Crippen LogP contribution in [0.1, 0.15) is 58.7 Å². The van der Waals surface area contributed by atoms with Crippen LogP contribution in [0.5, 0.6) is 5.75 Å². The second-order valence-electron chi connectivity index (χ2n) is 10.8.